The van der Waals surface area contributed by atoms with E-state index in [1.165, 1.54) is 6.07 Å². The summed E-state index contributed by atoms with van der Waals surface area (Å²) in [6, 6.07) is 21.0. The molecule has 0 aromatic heterocycles. The van der Waals surface area contributed by atoms with Crippen LogP contribution >= 0.6 is 0 Å². The lowest BCUT2D eigenvalue weighted by molar-refractivity contribution is -0.129. The van der Waals surface area contributed by atoms with Gasteiger partial charge in [0, 0.05) is 18.7 Å². The highest BCUT2D eigenvalue weighted by Gasteiger charge is 2.50. The Morgan fingerprint density at radius 1 is 1.00 bits per heavy atom. The summed E-state index contributed by atoms with van der Waals surface area (Å²) in [5, 5.41) is 23.3. The minimum Gasteiger partial charge on any atom is -0.476 e. The molecule has 41 heavy (non-hydrogen) atoms. The number of rotatable bonds is 8. The lowest BCUT2D eigenvalue weighted by atomic mass is 10.0. The highest BCUT2D eigenvalue weighted by molar-refractivity contribution is 6.99. The maximum Gasteiger partial charge on any atom is 0.358 e. The predicted molar refractivity (Wildman–Crippen MR) is 157 cm³/mol. The van der Waals surface area contributed by atoms with Gasteiger partial charge < -0.3 is 24.4 Å². The summed E-state index contributed by atoms with van der Waals surface area (Å²) < 4.78 is 44.3. The van der Waals surface area contributed by atoms with E-state index in [0.717, 1.165) is 10.4 Å². The van der Waals surface area contributed by atoms with Gasteiger partial charge in [-0.2, -0.15) is 0 Å². The van der Waals surface area contributed by atoms with Crippen LogP contribution in [0.4, 0.5) is 14.5 Å². The van der Waals surface area contributed by atoms with Gasteiger partial charge in [-0.3, -0.25) is 0 Å². The van der Waals surface area contributed by atoms with E-state index in [4.69, 9.17) is 9.16 Å². The van der Waals surface area contributed by atoms with Crippen LogP contribution in [0.25, 0.3) is 0 Å². The molecule has 7 nitrogen and oxygen atoms in total. The molecule has 1 fully saturated rings. The fourth-order valence-corrected chi connectivity index (χ4v) is 10.3. The Hall–Kier alpha value is -3.60. The second-order valence-corrected chi connectivity index (χ2v) is 15.7. The highest BCUT2D eigenvalue weighted by atomic mass is 28.4. The summed E-state index contributed by atoms with van der Waals surface area (Å²) in [5.41, 5.74) is -1.43. The summed E-state index contributed by atoms with van der Waals surface area (Å²) in [6.07, 6.45) is -0.500. The zero-order valence-electron chi connectivity index (χ0n) is 23.9. The van der Waals surface area contributed by atoms with Gasteiger partial charge in [0.15, 0.2) is 17.3 Å². The van der Waals surface area contributed by atoms with Gasteiger partial charge in [0.05, 0.1) is 30.1 Å². The Balaban J connectivity index is 1.93. The maximum absolute atomic E-state index is 16.0. The molecule has 0 spiro atoms. The molecule has 0 saturated carbocycles. The van der Waals surface area contributed by atoms with Gasteiger partial charge in [-0.25, -0.2) is 13.6 Å². The van der Waals surface area contributed by atoms with Crippen LogP contribution in [0.15, 0.2) is 71.9 Å². The molecule has 0 amide bonds. The molecule has 0 bridgehead atoms. The van der Waals surface area contributed by atoms with Crippen molar-refractivity contribution in [2.75, 3.05) is 18.0 Å². The molecule has 4 rings (SSSR count). The minimum absolute atomic E-state index is 0.0196. The van der Waals surface area contributed by atoms with Gasteiger partial charge in [-0.15, -0.1) is 0 Å². The lowest BCUT2D eigenvalue weighted by Gasteiger charge is -2.43. The standard InChI is InChI=1S/C31H36F2N2O5Si/c1-20-17-35(18-21(2)40-20)29-22(16-25(26(32)27(29)33)28(34-38)30(36)37)19-39-41(31(3,4)5,23-12-8-6-9-13-23)24-14-10-7-11-15-24/h6-16,20-21,38H,17-19H2,1-5H3,(H,36,37)/b34-28-/t20-,21-/m1/s1. The number of morpholine rings is 1. The van der Waals surface area contributed by atoms with Gasteiger partial charge in [0.1, 0.15) is 0 Å². The summed E-state index contributed by atoms with van der Waals surface area (Å²) in [4.78, 5) is 13.5. The summed E-state index contributed by atoms with van der Waals surface area (Å²) >= 11 is 0. The van der Waals surface area contributed by atoms with Gasteiger partial charge in [-0.1, -0.05) is 86.6 Å². The SMILES string of the molecule is C[C@@H]1CN(c2c(CO[Si](c3ccccc3)(c3ccccc3)C(C)(C)C)cc(/C(=N/O)C(=O)O)c(F)c2F)C[C@@H](C)O1. The number of halogens is 2. The number of oxime groups is 1. The van der Waals surface area contributed by atoms with Crippen LogP contribution in [-0.4, -0.2) is 55.6 Å². The van der Waals surface area contributed by atoms with Crippen molar-refractivity contribution in [1.29, 1.82) is 0 Å². The van der Waals surface area contributed by atoms with Crippen molar-refractivity contribution in [3.05, 3.63) is 89.5 Å². The van der Waals surface area contributed by atoms with Crippen molar-refractivity contribution in [3.8, 4) is 0 Å². The summed E-state index contributed by atoms with van der Waals surface area (Å²) in [6.45, 7) is 10.5. The fourth-order valence-electron chi connectivity index (χ4n) is 5.81. The van der Waals surface area contributed by atoms with Crippen LogP contribution in [0.2, 0.25) is 5.04 Å². The number of carboxylic acid groups (broad SMARTS) is 1. The Bertz CT molecular complexity index is 1360. The first-order chi connectivity index (χ1) is 19.4. The predicted octanol–water partition coefficient (Wildman–Crippen LogP) is 4.92. The molecule has 10 heteroatoms. The highest BCUT2D eigenvalue weighted by Crippen LogP contribution is 2.39. The van der Waals surface area contributed by atoms with Crippen molar-refractivity contribution in [2.45, 2.75) is 58.5 Å². The first-order valence-corrected chi connectivity index (χ1v) is 15.4. The molecule has 218 valence electrons. The third kappa shape index (κ3) is 5.90. The molecule has 3 aromatic rings. The largest absolute Gasteiger partial charge is 0.476 e. The average Bonchev–Trinajstić information content (AvgIpc) is 2.91. The Morgan fingerprint density at radius 3 is 1.95 bits per heavy atom. The van der Waals surface area contributed by atoms with Gasteiger partial charge in [0.25, 0.3) is 8.32 Å². The first-order valence-electron chi connectivity index (χ1n) is 13.5. The van der Waals surface area contributed by atoms with E-state index >= 15 is 8.78 Å². The number of ether oxygens (including phenoxy) is 1. The van der Waals surface area contributed by atoms with E-state index in [-0.39, 0.29) is 30.1 Å². The van der Waals surface area contributed by atoms with E-state index in [2.05, 4.69) is 25.9 Å². The van der Waals surface area contributed by atoms with Crippen LogP contribution in [0, 0.1) is 11.6 Å². The molecule has 0 unspecified atom stereocenters. The third-order valence-corrected chi connectivity index (χ3v) is 12.4. The molecule has 3 aromatic carbocycles. The van der Waals surface area contributed by atoms with Crippen molar-refractivity contribution >= 4 is 36.1 Å². The van der Waals surface area contributed by atoms with Crippen molar-refractivity contribution in [1.82, 2.24) is 0 Å². The van der Waals surface area contributed by atoms with Crippen molar-refractivity contribution < 1.29 is 33.1 Å². The van der Waals surface area contributed by atoms with Crippen LogP contribution in [0.3, 0.4) is 0 Å². The number of hydrogen-bond donors (Lipinski definition) is 2. The van der Waals surface area contributed by atoms with E-state index < -0.39 is 42.2 Å². The molecule has 2 N–H and O–H groups in total. The molecule has 1 heterocycles. The quantitative estimate of drug-likeness (QED) is 0.170. The number of nitrogens with zero attached hydrogens (tertiary/aromatic N) is 2. The molecular weight excluding hydrogens is 546 g/mol. The minimum atomic E-state index is -3.09. The van der Waals surface area contributed by atoms with Gasteiger partial charge in [0.2, 0.25) is 0 Å². The van der Waals surface area contributed by atoms with Gasteiger partial charge in [-0.05, 0) is 35.3 Å². The van der Waals surface area contributed by atoms with E-state index in [0.29, 0.717) is 13.1 Å². The van der Waals surface area contributed by atoms with Crippen molar-refractivity contribution in [3.63, 3.8) is 0 Å². The first kappa shape index (κ1) is 30.4. The zero-order chi connectivity index (χ0) is 29.9. The van der Waals surface area contributed by atoms with Gasteiger partial charge >= 0.3 is 5.97 Å². The number of carbonyl (C=O) groups is 1. The second kappa shape index (κ2) is 12.1. The smallest absolute Gasteiger partial charge is 0.358 e. The summed E-state index contributed by atoms with van der Waals surface area (Å²) in [5.74, 6) is -4.32. The number of anilines is 1. The van der Waals surface area contributed by atoms with Crippen LogP contribution in [0.1, 0.15) is 45.7 Å². The molecule has 0 aliphatic carbocycles. The second-order valence-electron chi connectivity index (χ2n) is 11.4. The molecule has 1 aliphatic rings. The molecule has 2 atom stereocenters. The average molecular weight is 583 g/mol. The Kier molecular flexibility index (Phi) is 8.96. The van der Waals surface area contributed by atoms with Crippen molar-refractivity contribution in [2.24, 2.45) is 5.16 Å². The normalized spacial score (nSPS) is 18.4. The monoisotopic (exact) mass is 582 g/mol. The van der Waals surface area contributed by atoms with E-state index in [1.807, 2.05) is 74.5 Å². The number of hydrogen-bond acceptors (Lipinski definition) is 6. The fraction of sp³-hybridized carbons (Fsp3) is 0.355. The number of carboxylic acids is 1. The van der Waals surface area contributed by atoms with Crippen LogP contribution < -0.4 is 15.3 Å². The number of aliphatic carboxylic acids is 1. The molecule has 0 radical (unpaired) electrons. The molecular formula is C31H36F2N2O5Si. The topological polar surface area (TPSA) is 91.6 Å². The van der Waals surface area contributed by atoms with E-state index in [9.17, 15) is 15.1 Å². The zero-order valence-corrected chi connectivity index (χ0v) is 24.9. The molecule has 1 aliphatic heterocycles. The lowest BCUT2D eigenvalue weighted by Crippen LogP contribution is -2.66. The molecule has 1 saturated heterocycles. The number of benzene rings is 3. The maximum atomic E-state index is 16.0. The van der Waals surface area contributed by atoms with E-state index in [1.54, 1.807) is 4.90 Å². The summed E-state index contributed by atoms with van der Waals surface area (Å²) in [7, 11) is -3.09. The Labute approximate surface area is 240 Å². The third-order valence-electron chi connectivity index (χ3n) is 7.41. The Morgan fingerprint density at radius 2 is 1.51 bits per heavy atom. The van der Waals surface area contributed by atoms with Crippen LogP contribution in [0.5, 0.6) is 0 Å². The van der Waals surface area contributed by atoms with Crippen LogP contribution in [-0.2, 0) is 20.6 Å².